The molecule has 0 fully saturated rings. The third-order valence-corrected chi connectivity index (χ3v) is 6.21. The molecule has 1 aliphatic carbocycles. The molecule has 0 heterocycles. The summed E-state index contributed by atoms with van der Waals surface area (Å²) in [5, 5.41) is 9.38. The number of alkyl halides is 2. The van der Waals surface area contributed by atoms with Gasteiger partial charge >= 0.3 is 5.97 Å². The average molecular weight is 467 g/mol. The molecule has 2 aromatic rings. The fraction of sp³-hybridized carbons (Fsp3) is 0.400. The van der Waals surface area contributed by atoms with Crippen molar-refractivity contribution in [1.82, 2.24) is 0 Å². The molecule has 1 N–H and O–H groups in total. The van der Waals surface area contributed by atoms with E-state index in [4.69, 9.17) is 21.4 Å². The van der Waals surface area contributed by atoms with Gasteiger partial charge < -0.3 is 9.84 Å². The van der Waals surface area contributed by atoms with Crippen molar-refractivity contribution in [2.45, 2.75) is 51.9 Å². The minimum absolute atomic E-state index is 0.00232. The van der Waals surface area contributed by atoms with Gasteiger partial charge in [-0.25, -0.2) is 13.2 Å². The van der Waals surface area contributed by atoms with Gasteiger partial charge in [-0.15, -0.1) is 0 Å². The van der Waals surface area contributed by atoms with Gasteiger partial charge in [-0.3, -0.25) is 4.79 Å². The van der Waals surface area contributed by atoms with Crippen LogP contribution in [0.3, 0.4) is 0 Å². The summed E-state index contributed by atoms with van der Waals surface area (Å²) in [5.41, 5.74) is 3.12. The summed E-state index contributed by atoms with van der Waals surface area (Å²) in [6.07, 6.45) is 0.582. The molecule has 0 amide bonds. The Kier molecular flexibility index (Phi) is 7.55. The lowest BCUT2D eigenvalue weighted by atomic mass is 9.91. The molecule has 2 aromatic carbocycles. The number of hydrogen-bond donors (Lipinski definition) is 1. The van der Waals surface area contributed by atoms with Crippen LogP contribution in [0, 0.1) is 18.7 Å². The number of aryl methyl sites for hydroxylation is 2. The molecule has 1 atom stereocenters. The van der Waals surface area contributed by atoms with E-state index in [1.807, 2.05) is 0 Å². The van der Waals surface area contributed by atoms with Crippen LogP contribution in [0.4, 0.5) is 13.2 Å². The fourth-order valence-corrected chi connectivity index (χ4v) is 4.37. The summed E-state index contributed by atoms with van der Waals surface area (Å²) in [7, 11) is 0. The van der Waals surface area contributed by atoms with Crippen LogP contribution in [0.1, 0.15) is 49.3 Å². The Morgan fingerprint density at radius 2 is 1.94 bits per heavy atom. The molecular weight excluding hydrogens is 441 g/mol. The molecule has 0 radical (unpaired) electrons. The first-order valence-corrected chi connectivity index (χ1v) is 11.0. The molecule has 3 rings (SSSR count). The van der Waals surface area contributed by atoms with Crippen molar-refractivity contribution in [3.63, 3.8) is 0 Å². The van der Waals surface area contributed by atoms with E-state index in [9.17, 15) is 18.0 Å². The predicted molar refractivity (Wildman–Crippen MR) is 119 cm³/mol. The van der Waals surface area contributed by atoms with Crippen LogP contribution < -0.4 is 4.74 Å². The quantitative estimate of drug-likeness (QED) is 0.429. The lowest BCUT2D eigenvalue weighted by molar-refractivity contribution is -0.136. The van der Waals surface area contributed by atoms with Crippen molar-refractivity contribution in [1.29, 1.82) is 0 Å². The first-order valence-electron chi connectivity index (χ1n) is 10.6. The highest BCUT2D eigenvalue weighted by Crippen LogP contribution is 2.47. The first kappa shape index (κ1) is 24.2. The van der Waals surface area contributed by atoms with Crippen molar-refractivity contribution in [3.05, 3.63) is 69.5 Å². The number of rotatable bonds is 9. The van der Waals surface area contributed by atoms with E-state index in [1.54, 1.807) is 37.3 Å². The maximum Gasteiger partial charge on any atom is 0.303 e. The highest BCUT2D eigenvalue weighted by atomic mass is 35.5. The van der Waals surface area contributed by atoms with Gasteiger partial charge in [0, 0.05) is 23.8 Å². The molecule has 3 nitrogen and oxygen atoms in total. The third-order valence-electron chi connectivity index (χ3n) is 5.95. The molecule has 7 heteroatoms. The zero-order chi connectivity index (χ0) is 23.5. The Hall–Kier alpha value is -2.47. The first-order chi connectivity index (χ1) is 15.1. The van der Waals surface area contributed by atoms with Crippen molar-refractivity contribution in [3.8, 4) is 5.75 Å². The highest BCUT2D eigenvalue weighted by Gasteiger charge is 2.44. The number of carboxylic acid groups (broad SMARTS) is 1. The summed E-state index contributed by atoms with van der Waals surface area (Å²) in [6, 6.07) is 9.94. The van der Waals surface area contributed by atoms with E-state index in [2.05, 4.69) is 0 Å². The molecule has 0 spiro atoms. The van der Waals surface area contributed by atoms with Crippen LogP contribution in [0.25, 0.3) is 5.57 Å². The Balaban J connectivity index is 1.90. The molecule has 0 bridgehead atoms. The molecule has 0 aliphatic heterocycles. The minimum atomic E-state index is -2.89. The van der Waals surface area contributed by atoms with Crippen LogP contribution in [0.5, 0.6) is 5.75 Å². The Morgan fingerprint density at radius 3 is 2.53 bits per heavy atom. The monoisotopic (exact) mass is 466 g/mol. The Morgan fingerprint density at radius 1 is 1.25 bits per heavy atom. The standard InChI is InChI=1S/C25H26ClF3O3/c1-3-25(28,29)21-10-9-19(17-5-7-18(26)8-6-17)20(21)14-32-24-15(2)12-16(13-22(24)27)4-11-23(30)31/h5-8,12-13,21H,3-4,9-11,14H2,1-2H3,(H,30,31). The van der Waals surface area contributed by atoms with Crippen LogP contribution >= 0.6 is 11.6 Å². The predicted octanol–water partition coefficient (Wildman–Crippen LogP) is 7.09. The second kappa shape index (κ2) is 9.99. The average Bonchev–Trinajstić information content (AvgIpc) is 3.17. The SMILES string of the molecule is CCC(F)(F)C1CCC(c2ccc(Cl)cc2)=C1COc1c(C)cc(CCC(=O)O)cc1F. The molecule has 1 unspecified atom stereocenters. The lowest BCUT2D eigenvalue weighted by Gasteiger charge is -2.25. The van der Waals surface area contributed by atoms with E-state index in [1.165, 1.54) is 13.0 Å². The van der Waals surface area contributed by atoms with Gasteiger partial charge in [0.15, 0.2) is 11.6 Å². The number of ether oxygens (including phenoxy) is 1. The summed E-state index contributed by atoms with van der Waals surface area (Å²) in [5.74, 6) is -5.46. The summed E-state index contributed by atoms with van der Waals surface area (Å²) in [4.78, 5) is 10.8. The minimum Gasteiger partial charge on any atom is -0.486 e. The largest absolute Gasteiger partial charge is 0.486 e. The normalized spacial score (nSPS) is 16.5. The smallest absolute Gasteiger partial charge is 0.303 e. The number of halogens is 4. The topological polar surface area (TPSA) is 46.5 Å². The van der Waals surface area contributed by atoms with Crippen LogP contribution in [0.15, 0.2) is 42.0 Å². The number of aliphatic carboxylic acids is 1. The van der Waals surface area contributed by atoms with Gasteiger partial charge in [0.05, 0.1) is 0 Å². The van der Waals surface area contributed by atoms with E-state index in [0.717, 1.165) is 11.1 Å². The molecule has 1 aliphatic rings. The van der Waals surface area contributed by atoms with Gasteiger partial charge in [-0.05, 0) is 72.2 Å². The number of carbonyl (C=O) groups is 1. The van der Waals surface area contributed by atoms with Crippen molar-refractivity contribution in [2.75, 3.05) is 6.61 Å². The molecule has 172 valence electrons. The van der Waals surface area contributed by atoms with Gasteiger partial charge in [0.25, 0.3) is 5.92 Å². The van der Waals surface area contributed by atoms with Crippen LogP contribution in [0.2, 0.25) is 5.02 Å². The number of benzene rings is 2. The third kappa shape index (κ3) is 5.47. The van der Waals surface area contributed by atoms with Gasteiger partial charge in [0.2, 0.25) is 0 Å². The van der Waals surface area contributed by atoms with Gasteiger partial charge in [-0.2, -0.15) is 0 Å². The Labute approximate surface area is 190 Å². The van der Waals surface area contributed by atoms with E-state index in [0.29, 0.717) is 34.6 Å². The van der Waals surface area contributed by atoms with Gasteiger partial charge in [0.1, 0.15) is 6.61 Å². The second-order valence-corrected chi connectivity index (χ2v) is 8.56. The zero-order valence-electron chi connectivity index (χ0n) is 18.1. The maximum absolute atomic E-state index is 14.7. The summed E-state index contributed by atoms with van der Waals surface area (Å²) < 4.78 is 49.9. The molecule has 32 heavy (non-hydrogen) atoms. The number of carboxylic acids is 1. The van der Waals surface area contributed by atoms with Crippen LogP contribution in [-0.2, 0) is 11.2 Å². The summed E-state index contributed by atoms with van der Waals surface area (Å²) >= 11 is 5.97. The van der Waals surface area contributed by atoms with Crippen molar-refractivity contribution in [2.24, 2.45) is 5.92 Å². The molecule has 0 aromatic heterocycles. The fourth-order valence-electron chi connectivity index (χ4n) is 4.25. The number of hydrogen-bond acceptors (Lipinski definition) is 2. The summed E-state index contributed by atoms with van der Waals surface area (Å²) in [6.45, 7) is 2.97. The van der Waals surface area contributed by atoms with E-state index >= 15 is 0 Å². The van der Waals surface area contributed by atoms with E-state index < -0.39 is 23.6 Å². The zero-order valence-corrected chi connectivity index (χ0v) is 18.8. The van der Waals surface area contributed by atoms with Crippen LogP contribution in [-0.4, -0.2) is 23.6 Å². The number of allylic oxidation sites excluding steroid dienone is 1. The molecular formula is C25H26ClF3O3. The van der Waals surface area contributed by atoms with Crippen molar-refractivity contribution >= 4 is 23.1 Å². The van der Waals surface area contributed by atoms with Gasteiger partial charge in [-0.1, -0.05) is 36.7 Å². The second-order valence-electron chi connectivity index (χ2n) is 8.12. The molecule has 0 saturated heterocycles. The molecule has 0 saturated carbocycles. The van der Waals surface area contributed by atoms with E-state index in [-0.39, 0.29) is 31.6 Å². The maximum atomic E-state index is 14.7. The lowest BCUT2D eigenvalue weighted by Crippen LogP contribution is -2.29. The Bertz CT molecular complexity index is 993. The highest BCUT2D eigenvalue weighted by molar-refractivity contribution is 6.30. The van der Waals surface area contributed by atoms with Crippen molar-refractivity contribution < 1.29 is 27.8 Å².